The van der Waals surface area contributed by atoms with Crippen molar-refractivity contribution in [1.82, 2.24) is 19.8 Å². The van der Waals surface area contributed by atoms with E-state index in [1.807, 2.05) is 25.5 Å². The van der Waals surface area contributed by atoms with Gasteiger partial charge in [0.2, 0.25) is 5.91 Å². The minimum absolute atomic E-state index is 0.0245. The number of hydrogen-bond donors (Lipinski definition) is 1. The summed E-state index contributed by atoms with van der Waals surface area (Å²) in [6.07, 6.45) is 1.40. The third kappa shape index (κ3) is 5.18. The van der Waals surface area contributed by atoms with Gasteiger partial charge in [0.05, 0.1) is 11.3 Å². The zero-order valence-corrected chi connectivity index (χ0v) is 18.5. The van der Waals surface area contributed by atoms with E-state index in [9.17, 15) is 18.4 Å². The Hall–Kier alpha value is -2.61. The van der Waals surface area contributed by atoms with Crippen molar-refractivity contribution in [2.75, 3.05) is 20.6 Å². The van der Waals surface area contributed by atoms with E-state index in [0.29, 0.717) is 25.2 Å². The van der Waals surface area contributed by atoms with Gasteiger partial charge in [0.1, 0.15) is 23.2 Å². The van der Waals surface area contributed by atoms with Crippen LogP contribution in [0.15, 0.2) is 18.2 Å². The molecule has 1 amide bonds. The van der Waals surface area contributed by atoms with Crippen molar-refractivity contribution in [1.29, 1.82) is 0 Å². The molecule has 1 N–H and O–H groups in total. The molecular weight excluding hydrogens is 402 g/mol. The second-order valence-corrected chi connectivity index (χ2v) is 8.67. The van der Waals surface area contributed by atoms with Gasteiger partial charge in [-0.1, -0.05) is 13.8 Å². The third-order valence-electron chi connectivity index (χ3n) is 5.65. The highest BCUT2D eigenvalue weighted by Crippen LogP contribution is 2.30. The minimum atomic E-state index is -0.589. The first-order valence-corrected chi connectivity index (χ1v) is 10.7. The third-order valence-corrected chi connectivity index (χ3v) is 5.65. The van der Waals surface area contributed by atoms with Crippen LogP contribution in [-0.2, 0) is 17.9 Å². The molecule has 1 aliphatic rings. The summed E-state index contributed by atoms with van der Waals surface area (Å²) in [5, 5.41) is 2.64. The largest absolute Gasteiger partial charge is 0.359 e. The monoisotopic (exact) mass is 432 g/mol. The summed E-state index contributed by atoms with van der Waals surface area (Å²) >= 11 is 0. The minimum Gasteiger partial charge on any atom is -0.359 e. The van der Waals surface area contributed by atoms with Crippen LogP contribution >= 0.6 is 0 Å². The summed E-state index contributed by atoms with van der Waals surface area (Å²) < 4.78 is 30.2. The Morgan fingerprint density at radius 2 is 1.97 bits per heavy atom. The number of halogens is 2. The first-order chi connectivity index (χ1) is 14.7. The number of aromatic nitrogens is 2. The van der Waals surface area contributed by atoms with Gasteiger partial charge in [-0.3, -0.25) is 9.59 Å². The molecule has 1 aliphatic heterocycles. The fourth-order valence-electron chi connectivity index (χ4n) is 4.20. The van der Waals surface area contributed by atoms with Crippen LogP contribution in [0.4, 0.5) is 8.78 Å². The maximum atomic E-state index is 14.6. The summed E-state index contributed by atoms with van der Waals surface area (Å²) in [5.41, 5.74) is 0.962. The van der Waals surface area contributed by atoms with E-state index in [1.165, 1.54) is 0 Å². The lowest BCUT2D eigenvalue weighted by atomic mass is 9.90. The summed E-state index contributed by atoms with van der Waals surface area (Å²) in [7, 11) is 3.51. The first-order valence-electron chi connectivity index (χ1n) is 10.7. The Kier molecular flexibility index (Phi) is 7.20. The van der Waals surface area contributed by atoms with Gasteiger partial charge in [0.25, 0.3) is 0 Å². The Bertz CT molecular complexity index is 971. The van der Waals surface area contributed by atoms with Crippen LogP contribution < -0.4 is 5.32 Å². The number of fused-ring (bicyclic) bond motifs is 1. The van der Waals surface area contributed by atoms with Crippen LogP contribution in [0.5, 0.6) is 0 Å². The van der Waals surface area contributed by atoms with Crippen molar-refractivity contribution >= 4 is 11.7 Å². The zero-order valence-electron chi connectivity index (χ0n) is 18.5. The highest BCUT2D eigenvalue weighted by Gasteiger charge is 2.30. The molecule has 6 nitrogen and oxygen atoms in total. The highest BCUT2D eigenvalue weighted by atomic mass is 19.1. The predicted octanol–water partition coefficient (Wildman–Crippen LogP) is 3.64. The average Bonchev–Trinajstić information content (AvgIpc) is 2.94. The molecule has 0 spiro atoms. The predicted molar refractivity (Wildman–Crippen MR) is 114 cm³/mol. The van der Waals surface area contributed by atoms with Crippen molar-refractivity contribution in [3.8, 4) is 11.4 Å². The fourth-order valence-corrected chi connectivity index (χ4v) is 4.20. The Morgan fingerprint density at radius 1 is 1.23 bits per heavy atom. The summed E-state index contributed by atoms with van der Waals surface area (Å²) in [6, 6.07) is 3.24. The molecule has 3 rings (SSSR count). The van der Waals surface area contributed by atoms with E-state index in [4.69, 9.17) is 0 Å². The van der Waals surface area contributed by atoms with Gasteiger partial charge < -0.3 is 14.8 Å². The zero-order chi connectivity index (χ0) is 22.7. The van der Waals surface area contributed by atoms with Gasteiger partial charge in [-0.2, -0.15) is 0 Å². The van der Waals surface area contributed by atoms with Crippen LogP contribution in [0, 0.1) is 23.5 Å². The van der Waals surface area contributed by atoms with E-state index in [1.54, 1.807) is 7.05 Å². The number of carbonyl (C=O) groups is 2. The lowest BCUT2D eigenvalue weighted by Crippen LogP contribution is -2.30. The van der Waals surface area contributed by atoms with E-state index >= 15 is 0 Å². The standard InChI is InChI=1S/C23H30F2N4O2/c1-14(2)10-15(23(31)26-3)11-20(30)21-19-13-28(4)8-5-9-29(19)22(27-21)17-12-16(24)6-7-18(17)25/h6-7,12,14-15H,5,8-11,13H2,1-4H3,(H,26,31)/t15-/m1/s1. The topological polar surface area (TPSA) is 67.2 Å². The number of ketones is 1. The number of hydrogen-bond acceptors (Lipinski definition) is 4. The van der Waals surface area contributed by atoms with Crippen molar-refractivity contribution in [3.05, 3.63) is 41.2 Å². The van der Waals surface area contributed by atoms with E-state index in [-0.39, 0.29) is 41.1 Å². The van der Waals surface area contributed by atoms with Gasteiger partial charge in [-0.05, 0) is 50.6 Å². The molecule has 0 radical (unpaired) electrons. The lowest BCUT2D eigenvalue weighted by molar-refractivity contribution is -0.124. The molecule has 0 aliphatic carbocycles. The average molecular weight is 433 g/mol. The van der Waals surface area contributed by atoms with Crippen LogP contribution in [0.25, 0.3) is 11.4 Å². The molecule has 0 unspecified atom stereocenters. The first kappa shape index (κ1) is 23.1. The molecule has 168 valence electrons. The van der Waals surface area contributed by atoms with Crippen LogP contribution in [0.2, 0.25) is 0 Å². The molecule has 0 bridgehead atoms. The molecule has 2 aromatic rings. The van der Waals surface area contributed by atoms with Gasteiger partial charge in [-0.25, -0.2) is 13.8 Å². The molecule has 1 aromatic heterocycles. The van der Waals surface area contributed by atoms with Crippen LogP contribution in [0.3, 0.4) is 0 Å². The Balaban J connectivity index is 2.05. The molecule has 1 aromatic carbocycles. The number of imidazole rings is 1. The Labute approximate surface area is 181 Å². The van der Waals surface area contributed by atoms with Gasteiger partial charge in [0.15, 0.2) is 5.78 Å². The highest BCUT2D eigenvalue weighted by molar-refractivity contribution is 5.98. The second kappa shape index (κ2) is 9.68. The van der Waals surface area contributed by atoms with Crippen LogP contribution in [-0.4, -0.2) is 46.8 Å². The molecule has 0 saturated heterocycles. The fraction of sp³-hybridized carbons (Fsp3) is 0.522. The summed E-state index contributed by atoms with van der Waals surface area (Å²) in [5.74, 6) is -1.55. The number of amides is 1. The van der Waals surface area contributed by atoms with Gasteiger partial charge in [-0.15, -0.1) is 0 Å². The lowest BCUT2D eigenvalue weighted by Gasteiger charge is -2.17. The maximum absolute atomic E-state index is 14.6. The number of benzene rings is 1. The number of nitrogens with zero attached hydrogens (tertiary/aromatic N) is 3. The number of Topliss-reactive ketones (excluding diaryl/α,β-unsaturated/α-hetero) is 1. The Morgan fingerprint density at radius 3 is 2.65 bits per heavy atom. The molecule has 31 heavy (non-hydrogen) atoms. The number of rotatable bonds is 7. The molecule has 0 fully saturated rings. The molecule has 0 saturated carbocycles. The maximum Gasteiger partial charge on any atom is 0.223 e. The van der Waals surface area contributed by atoms with E-state index in [0.717, 1.165) is 31.2 Å². The normalized spacial score (nSPS) is 15.5. The SMILES string of the molecule is CNC(=O)[C@@H](CC(=O)c1nc(-c2cc(F)ccc2F)n2c1CN(C)CCC2)CC(C)C. The van der Waals surface area contributed by atoms with Crippen molar-refractivity contribution in [3.63, 3.8) is 0 Å². The quantitative estimate of drug-likeness (QED) is 0.679. The summed E-state index contributed by atoms with van der Waals surface area (Å²) in [4.78, 5) is 32.2. The molecule has 2 heterocycles. The second-order valence-electron chi connectivity index (χ2n) is 8.67. The van der Waals surface area contributed by atoms with Crippen molar-refractivity contribution < 1.29 is 18.4 Å². The van der Waals surface area contributed by atoms with Crippen molar-refractivity contribution in [2.24, 2.45) is 11.8 Å². The van der Waals surface area contributed by atoms with E-state index < -0.39 is 17.6 Å². The number of carbonyl (C=O) groups excluding carboxylic acids is 2. The van der Waals surface area contributed by atoms with Crippen LogP contribution in [0.1, 0.15) is 49.3 Å². The molecular formula is C23H30F2N4O2. The summed E-state index contributed by atoms with van der Waals surface area (Å²) in [6.45, 7) is 5.84. The molecule has 8 heteroatoms. The molecule has 1 atom stereocenters. The van der Waals surface area contributed by atoms with Gasteiger partial charge >= 0.3 is 0 Å². The van der Waals surface area contributed by atoms with E-state index in [2.05, 4.69) is 15.2 Å². The smallest absolute Gasteiger partial charge is 0.223 e. The van der Waals surface area contributed by atoms with Gasteiger partial charge in [0, 0.05) is 32.5 Å². The van der Waals surface area contributed by atoms with Crippen molar-refractivity contribution in [2.45, 2.75) is 46.2 Å². The number of nitrogens with one attached hydrogen (secondary N) is 1.